The predicted molar refractivity (Wildman–Crippen MR) is 122 cm³/mol. The Morgan fingerprint density at radius 2 is 1.88 bits per heavy atom. The fourth-order valence-corrected chi connectivity index (χ4v) is 3.99. The standard InChI is InChI=1S/C23H20FN7O3/c1-12-8-15(9-29(3)21(12)32)18-19(14-4-6-16(24)7-5-14)27-22(25)31-20(18)28-30(23(31)33)10-17-13(2)34-11-26-17/h4-9,11H,10H2,1-3H3,(H2,25,27)/p+1. The van der Waals surface area contributed by atoms with E-state index in [1.165, 1.54) is 32.2 Å². The number of H-pyrrole nitrogens is 1. The van der Waals surface area contributed by atoms with E-state index in [4.69, 9.17) is 10.2 Å². The normalized spacial score (nSPS) is 11.4. The summed E-state index contributed by atoms with van der Waals surface area (Å²) >= 11 is 0. The molecular weight excluding hydrogens is 441 g/mol. The summed E-state index contributed by atoms with van der Waals surface area (Å²) in [5, 5.41) is 4.57. The molecule has 5 aromatic rings. The second kappa shape index (κ2) is 7.80. The summed E-state index contributed by atoms with van der Waals surface area (Å²) in [6.07, 6.45) is 2.96. The molecule has 0 atom stereocenters. The quantitative estimate of drug-likeness (QED) is 0.433. The highest BCUT2D eigenvalue weighted by molar-refractivity contribution is 5.88. The van der Waals surface area contributed by atoms with Crippen LogP contribution in [0.2, 0.25) is 0 Å². The smallest absolute Gasteiger partial charge is 0.411 e. The van der Waals surface area contributed by atoms with Gasteiger partial charge in [0.1, 0.15) is 23.0 Å². The molecule has 4 heterocycles. The number of nitrogens with two attached hydrogens (primary N) is 1. The second-order valence-electron chi connectivity index (χ2n) is 8.05. The molecule has 3 N–H and O–H groups in total. The lowest BCUT2D eigenvalue weighted by Crippen LogP contribution is -2.28. The molecule has 11 heteroatoms. The third-order valence-corrected chi connectivity index (χ3v) is 5.73. The van der Waals surface area contributed by atoms with E-state index in [1.807, 2.05) is 0 Å². The molecule has 0 saturated carbocycles. The number of aromatic amines is 1. The van der Waals surface area contributed by atoms with Gasteiger partial charge in [-0.2, -0.15) is 4.68 Å². The summed E-state index contributed by atoms with van der Waals surface area (Å²) in [6, 6.07) is 7.58. The van der Waals surface area contributed by atoms with Gasteiger partial charge in [0.2, 0.25) is 5.65 Å². The van der Waals surface area contributed by atoms with E-state index >= 15 is 0 Å². The Morgan fingerprint density at radius 1 is 1.15 bits per heavy atom. The van der Waals surface area contributed by atoms with Gasteiger partial charge in [0.05, 0.1) is 12.1 Å². The van der Waals surface area contributed by atoms with Crippen LogP contribution in [0, 0.1) is 19.7 Å². The number of halogens is 1. The minimum absolute atomic E-state index is 0.0488. The van der Waals surface area contributed by atoms with Crippen LogP contribution in [0.4, 0.5) is 10.3 Å². The molecule has 34 heavy (non-hydrogen) atoms. The number of fused-ring (bicyclic) bond motifs is 1. The zero-order valence-electron chi connectivity index (χ0n) is 18.7. The number of oxazole rings is 1. The van der Waals surface area contributed by atoms with Crippen LogP contribution in [0.1, 0.15) is 17.0 Å². The van der Waals surface area contributed by atoms with E-state index in [-0.39, 0.29) is 29.5 Å². The molecule has 0 fully saturated rings. The molecule has 5 rings (SSSR count). The van der Waals surface area contributed by atoms with Gasteiger partial charge in [-0.25, -0.2) is 19.2 Å². The highest BCUT2D eigenvalue weighted by Gasteiger charge is 2.26. The minimum atomic E-state index is -0.473. The Kier molecular flexibility index (Phi) is 4.89. The van der Waals surface area contributed by atoms with E-state index in [0.29, 0.717) is 39.4 Å². The molecule has 10 nitrogen and oxygen atoms in total. The minimum Gasteiger partial charge on any atom is -0.448 e. The van der Waals surface area contributed by atoms with Crippen molar-refractivity contribution < 1.29 is 13.8 Å². The van der Waals surface area contributed by atoms with E-state index < -0.39 is 5.69 Å². The molecule has 0 amide bonds. The van der Waals surface area contributed by atoms with Crippen LogP contribution in [-0.2, 0) is 13.6 Å². The molecule has 0 bridgehead atoms. The number of rotatable bonds is 4. The lowest BCUT2D eigenvalue weighted by atomic mass is 10.00. The summed E-state index contributed by atoms with van der Waals surface area (Å²) in [7, 11) is 1.65. The molecule has 0 aliphatic rings. The number of aryl methyl sites for hydroxylation is 3. The summed E-state index contributed by atoms with van der Waals surface area (Å²) in [6.45, 7) is 3.54. The average molecular weight is 462 g/mol. The zero-order chi connectivity index (χ0) is 24.1. The number of nitrogens with one attached hydrogen (secondary N) is 1. The summed E-state index contributed by atoms with van der Waals surface area (Å²) in [4.78, 5) is 32.8. The van der Waals surface area contributed by atoms with E-state index in [0.717, 1.165) is 0 Å². The van der Waals surface area contributed by atoms with E-state index in [1.54, 1.807) is 45.3 Å². The first-order valence-electron chi connectivity index (χ1n) is 10.4. The van der Waals surface area contributed by atoms with Crippen LogP contribution < -0.4 is 22.0 Å². The number of pyridine rings is 1. The Morgan fingerprint density at radius 3 is 2.53 bits per heavy atom. The molecule has 0 spiro atoms. The number of nitrogen functional groups attached to an aromatic ring is 1. The van der Waals surface area contributed by atoms with Gasteiger partial charge >= 0.3 is 11.6 Å². The Bertz CT molecular complexity index is 1650. The van der Waals surface area contributed by atoms with Crippen molar-refractivity contribution in [1.29, 1.82) is 0 Å². The van der Waals surface area contributed by atoms with E-state index in [2.05, 4.69) is 15.1 Å². The fourth-order valence-electron chi connectivity index (χ4n) is 3.99. The Hall–Kier alpha value is -4.54. The van der Waals surface area contributed by atoms with Gasteiger partial charge in [-0.15, -0.1) is 9.50 Å². The van der Waals surface area contributed by atoms with Crippen LogP contribution >= 0.6 is 0 Å². The molecule has 0 aliphatic carbocycles. The van der Waals surface area contributed by atoms with Crippen molar-refractivity contribution >= 4 is 11.6 Å². The molecule has 0 saturated heterocycles. The molecule has 0 unspecified atom stereocenters. The first-order valence-corrected chi connectivity index (χ1v) is 10.4. The average Bonchev–Trinajstić information content (AvgIpc) is 3.35. The first kappa shape index (κ1) is 21.3. The third kappa shape index (κ3) is 3.38. The van der Waals surface area contributed by atoms with Gasteiger partial charge in [-0.05, 0) is 44.2 Å². The van der Waals surface area contributed by atoms with Crippen LogP contribution in [-0.4, -0.2) is 23.7 Å². The largest absolute Gasteiger partial charge is 0.448 e. The van der Waals surface area contributed by atoms with Crippen LogP contribution in [0.3, 0.4) is 0 Å². The van der Waals surface area contributed by atoms with Gasteiger partial charge in [0.15, 0.2) is 6.39 Å². The summed E-state index contributed by atoms with van der Waals surface area (Å²) in [5.74, 6) is 0.234. The SMILES string of the molecule is Cc1ocnc1Cn1nc2c(-c3cc(C)c(=O)n(C)c3)c(-c3ccc(F)cc3)[nH+]c(N)n2c1=O. The number of benzene rings is 1. The van der Waals surface area contributed by atoms with Crippen molar-refractivity contribution in [1.82, 2.24) is 23.7 Å². The van der Waals surface area contributed by atoms with E-state index in [9.17, 15) is 14.0 Å². The van der Waals surface area contributed by atoms with Crippen LogP contribution in [0.5, 0.6) is 0 Å². The molecule has 0 aliphatic heterocycles. The maximum atomic E-state index is 13.6. The van der Waals surface area contributed by atoms with Crippen LogP contribution in [0.25, 0.3) is 28.0 Å². The molecular formula is C23H21FN7O3+. The number of nitrogens with zero attached hydrogens (tertiary/aromatic N) is 5. The van der Waals surface area contributed by atoms with Gasteiger partial charge in [-0.3, -0.25) is 10.5 Å². The van der Waals surface area contributed by atoms with Gasteiger partial charge < -0.3 is 8.98 Å². The van der Waals surface area contributed by atoms with Gasteiger partial charge in [0.25, 0.3) is 5.56 Å². The van der Waals surface area contributed by atoms with Crippen molar-refractivity contribution in [2.24, 2.45) is 7.05 Å². The lowest BCUT2D eigenvalue weighted by Gasteiger charge is -2.11. The molecule has 172 valence electrons. The highest BCUT2D eigenvalue weighted by Crippen LogP contribution is 2.32. The highest BCUT2D eigenvalue weighted by atomic mass is 19.1. The van der Waals surface area contributed by atoms with Crippen molar-refractivity contribution in [2.75, 3.05) is 5.73 Å². The Labute approximate surface area is 191 Å². The lowest BCUT2D eigenvalue weighted by molar-refractivity contribution is -0.351. The predicted octanol–water partition coefficient (Wildman–Crippen LogP) is 1.72. The number of hydrogen-bond acceptors (Lipinski definition) is 6. The van der Waals surface area contributed by atoms with Crippen molar-refractivity contribution in [2.45, 2.75) is 20.4 Å². The summed E-state index contributed by atoms with van der Waals surface area (Å²) in [5.41, 5.74) is 9.32. The number of hydrogen-bond donors (Lipinski definition) is 1. The van der Waals surface area contributed by atoms with Gasteiger partial charge in [0, 0.05) is 29.9 Å². The number of aromatic nitrogens is 6. The third-order valence-electron chi connectivity index (χ3n) is 5.73. The monoisotopic (exact) mass is 462 g/mol. The van der Waals surface area contributed by atoms with Crippen molar-refractivity contribution in [3.8, 4) is 22.4 Å². The molecule has 4 aromatic heterocycles. The second-order valence-corrected chi connectivity index (χ2v) is 8.05. The van der Waals surface area contributed by atoms with Gasteiger partial charge in [-0.1, -0.05) is 0 Å². The zero-order valence-corrected chi connectivity index (χ0v) is 18.7. The van der Waals surface area contributed by atoms with Crippen molar-refractivity contribution in [3.05, 3.63) is 86.6 Å². The van der Waals surface area contributed by atoms with Crippen LogP contribution in [0.15, 0.2) is 56.9 Å². The Balaban J connectivity index is 1.86. The first-order chi connectivity index (χ1) is 16.2. The number of anilines is 1. The molecule has 0 radical (unpaired) electrons. The fraction of sp³-hybridized carbons (Fsp3) is 0.174. The topological polar surface area (TPSA) is 127 Å². The van der Waals surface area contributed by atoms with Crippen molar-refractivity contribution in [3.63, 3.8) is 0 Å². The molecule has 1 aromatic carbocycles. The maximum Gasteiger partial charge on any atom is 0.411 e. The maximum absolute atomic E-state index is 13.6. The summed E-state index contributed by atoms with van der Waals surface area (Å²) < 4.78 is 22.8.